The first-order valence-corrected chi connectivity index (χ1v) is 8.97. The Kier molecular flexibility index (Phi) is 8.53. The molecule has 0 heterocycles. The highest BCUT2D eigenvalue weighted by Gasteiger charge is 2.07. The number of rotatable bonds is 11. The van der Waals surface area contributed by atoms with E-state index in [4.69, 9.17) is 0 Å². The maximum Gasteiger partial charge on any atom is 0.0662 e. The van der Waals surface area contributed by atoms with Gasteiger partial charge in [0.05, 0.1) is 6.10 Å². The second-order valence-electron chi connectivity index (χ2n) is 6.30. The quantitative estimate of drug-likeness (QED) is 0.621. The molecule has 0 fully saturated rings. The van der Waals surface area contributed by atoms with E-state index in [2.05, 4.69) is 70.9 Å². The normalized spacial score (nSPS) is 12.5. The molecule has 0 bridgehead atoms. The van der Waals surface area contributed by atoms with Gasteiger partial charge in [0.15, 0.2) is 0 Å². The molecule has 0 aromatic heterocycles. The average molecular weight is 326 g/mol. The SMILES string of the molecule is CC[C@@H](O)CNCCCN(Cc1ccccc1)Cc1ccccc1. The summed E-state index contributed by atoms with van der Waals surface area (Å²) in [6, 6.07) is 21.3. The minimum Gasteiger partial charge on any atom is -0.392 e. The van der Waals surface area contributed by atoms with E-state index in [-0.39, 0.29) is 6.10 Å². The molecule has 1 atom stereocenters. The zero-order chi connectivity index (χ0) is 17.0. The molecule has 130 valence electrons. The third-order valence-electron chi connectivity index (χ3n) is 4.18. The van der Waals surface area contributed by atoms with Gasteiger partial charge in [-0.1, -0.05) is 67.6 Å². The molecule has 0 spiro atoms. The van der Waals surface area contributed by atoms with Gasteiger partial charge in [-0.3, -0.25) is 4.90 Å². The topological polar surface area (TPSA) is 35.5 Å². The molecular weight excluding hydrogens is 296 g/mol. The Bertz CT molecular complexity index is 503. The van der Waals surface area contributed by atoms with E-state index >= 15 is 0 Å². The van der Waals surface area contributed by atoms with Crippen molar-refractivity contribution in [1.29, 1.82) is 0 Å². The van der Waals surface area contributed by atoms with Crippen LogP contribution in [0.15, 0.2) is 60.7 Å². The fourth-order valence-electron chi connectivity index (χ4n) is 2.74. The molecule has 2 aromatic rings. The van der Waals surface area contributed by atoms with Crippen molar-refractivity contribution in [2.45, 2.75) is 39.0 Å². The van der Waals surface area contributed by atoms with Crippen LogP contribution in [0.5, 0.6) is 0 Å². The van der Waals surface area contributed by atoms with Crippen molar-refractivity contribution in [1.82, 2.24) is 10.2 Å². The summed E-state index contributed by atoms with van der Waals surface area (Å²) in [4.78, 5) is 2.49. The number of benzene rings is 2. The van der Waals surface area contributed by atoms with Gasteiger partial charge in [0, 0.05) is 26.2 Å². The number of hydrogen-bond donors (Lipinski definition) is 2. The minimum absolute atomic E-state index is 0.227. The van der Waals surface area contributed by atoms with Gasteiger partial charge < -0.3 is 10.4 Å². The van der Waals surface area contributed by atoms with Crippen molar-refractivity contribution < 1.29 is 5.11 Å². The third kappa shape index (κ3) is 7.26. The first-order chi connectivity index (χ1) is 11.8. The number of aliphatic hydroxyl groups is 1. The lowest BCUT2D eigenvalue weighted by atomic mass is 10.1. The Labute approximate surface area is 146 Å². The van der Waals surface area contributed by atoms with Gasteiger partial charge in [0.2, 0.25) is 0 Å². The van der Waals surface area contributed by atoms with E-state index in [1.54, 1.807) is 0 Å². The summed E-state index contributed by atoms with van der Waals surface area (Å²) < 4.78 is 0. The molecule has 0 saturated heterocycles. The number of nitrogens with zero attached hydrogens (tertiary/aromatic N) is 1. The van der Waals surface area contributed by atoms with Gasteiger partial charge >= 0.3 is 0 Å². The van der Waals surface area contributed by atoms with E-state index in [1.807, 2.05) is 6.92 Å². The zero-order valence-corrected chi connectivity index (χ0v) is 14.7. The standard InChI is InChI=1S/C21H30N2O/c1-2-21(24)16-22-14-9-15-23(17-19-10-5-3-6-11-19)18-20-12-7-4-8-13-20/h3-8,10-13,21-22,24H,2,9,14-18H2,1H3/t21-/m1/s1. The summed E-state index contributed by atoms with van der Waals surface area (Å²) in [5, 5.41) is 12.9. The molecule has 0 amide bonds. The van der Waals surface area contributed by atoms with Gasteiger partial charge in [-0.2, -0.15) is 0 Å². The number of aliphatic hydroxyl groups excluding tert-OH is 1. The predicted octanol–water partition coefficient (Wildman–Crippen LogP) is 3.44. The van der Waals surface area contributed by atoms with Gasteiger partial charge in [-0.05, 0) is 30.5 Å². The molecule has 2 rings (SSSR count). The molecule has 0 radical (unpaired) electrons. The monoisotopic (exact) mass is 326 g/mol. The van der Waals surface area contributed by atoms with E-state index in [0.29, 0.717) is 6.54 Å². The molecular formula is C21H30N2O. The van der Waals surface area contributed by atoms with Crippen LogP contribution in [0.25, 0.3) is 0 Å². The van der Waals surface area contributed by atoms with Crippen LogP contribution < -0.4 is 5.32 Å². The third-order valence-corrected chi connectivity index (χ3v) is 4.18. The Morgan fingerprint density at radius 3 is 1.96 bits per heavy atom. The zero-order valence-electron chi connectivity index (χ0n) is 14.7. The molecule has 3 nitrogen and oxygen atoms in total. The van der Waals surface area contributed by atoms with Crippen molar-refractivity contribution >= 4 is 0 Å². The van der Waals surface area contributed by atoms with Crippen LogP contribution in [0.4, 0.5) is 0 Å². The van der Waals surface area contributed by atoms with Crippen molar-refractivity contribution in [2.24, 2.45) is 0 Å². The van der Waals surface area contributed by atoms with E-state index in [0.717, 1.165) is 39.0 Å². The Morgan fingerprint density at radius 1 is 0.917 bits per heavy atom. The summed E-state index contributed by atoms with van der Waals surface area (Å²) in [5.74, 6) is 0. The van der Waals surface area contributed by atoms with Gasteiger partial charge in [0.25, 0.3) is 0 Å². The summed E-state index contributed by atoms with van der Waals surface area (Å²) >= 11 is 0. The van der Waals surface area contributed by atoms with Crippen LogP contribution in [0.3, 0.4) is 0 Å². The van der Waals surface area contributed by atoms with Crippen molar-refractivity contribution in [2.75, 3.05) is 19.6 Å². The van der Waals surface area contributed by atoms with Gasteiger partial charge in [0.1, 0.15) is 0 Å². The molecule has 0 aliphatic heterocycles. The second-order valence-corrected chi connectivity index (χ2v) is 6.30. The lowest BCUT2D eigenvalue weighted by Crippen LogP contribution is -2.30. The van der Waals surface area contributed by atoms with E-state index < -0.39 is 0 Å². The van der Waals surface area contributed by atoms with E-state index in [1.165, 1.54) is 11.1 Å². The van der Waals surface area contributed by atoms with Crippen LogP contribution in [0, 0.1) is 0 Å². The highest BCUT2D eigenvalue weighted by Crippen LogP contribution is 2.10. The fraction of sp³-hybridized carbons (Fsp3) is 0.429. The smallest absolute Gasteiger partial charge is 0.0662 e. The minimum atomic E-state index is -0.227. The highest BCUT2D eigenvalue weighted by atomic mass is 16.3. The lowest BCUT2D eigenvalue weighted by Gasteiger charge is -2.23. The summed E-state index contributed by atoms with van der Waals surface area (Å²) in [5.41, 5.74) is 2.70. The fourth-order valence-corrected chi connectivity index (χ4v) is 2.74. The van der Waals surface area contributed by atoms with Crippen LogP contribution in [-0.2, 0) is 13.1 Å². The first kappa shape index (κ1) is 18.7. The molecule has 2 N–H and O–H groups in total. The van der Waals surface area contributed by atoms with Gasteiger partial charge in [-0.15, -0.1) is 0 Å². The maximum atomic E-state index is 9.58. The summed E-state index contributed by atoms with van der Waals surface area (Å²) in [7, 11) is 0. The molecule has 2 aromatic carbocycles. The van der Waals surface area contributed by atoms with Crippen molar-refractivity contribution in [3.63, 3.8) is 0 Å². The van der Waals surface area contributed by atoms with Crippen LogP contribution >= 0.6 is 0 Å². The molecule has 3 heteroatoms. The second kappa shape index (κ2) is 11.0. The molecule has 0 saturated carbocycles. The molecule has 24 heavy (non-hydrogen) atoms. The van der Waals surface area contributed by atoms with Crippen LogP contribution in [0.1, 0.15) is 30.9 Å². The summed E-state index contributed by atoms with van der Waals surface area (Å²) in [6.07, 6.45) is 1.66. The van der Waals surface area contributed by atoms with Crippen molar-refractivity contribution in [3.05, 3.63) is 71.8 Å². The predicted molar refractivity (Wildman–Crippen MR) is 101 cm³/mol. The van der Waals surface area contributed by atoms with Crippen LogP contribution in [0.2, 0.25) is 0 Å². The highest BCUT2D eigenvalue weighted by molar-refractivity contribution is 5.17. The van der Waals surface area contributed by atoms with Gasteiger partial charge in [-0.25, -0.2) is 0 Å². The molecule has 0 aliphatic carbocycles. The molecule has 0 unspecified atom stereocenters. The Morgan fingerprint density at radius 2 is 1.46 bits per heavy atom. The van der Waals surface area contributed by atoms with Crippen LogP contribution in [-0.4, -0.2) is 35.7 Å². The number of nitrogens with one attached hydrogen (secondary N) is 1. The van der Waals surface area contributed by atoms with E-state index in [9.17, 15) is 5.11 Å². The Balaban J connectivity index is 1.83. The largest absolute Gasteiger partial charge is 0.392 e. The Hall–Kier alpha value is -1.68. The molecule has 0 aliphatic rings. The van der Waals surface area contributed by atoms with Crippen molar-refractivity contribution in [3.8, 4) is 0 Å². The average Bonchev–Trinajstić information content (AvgIpc) is 2.62. The maximum absolute atomic E-state index is 9.58. The first-order valence-electron chi connectivity index (χ1n) is 8.97. The number of hydrogen-bond acceptors (Lipinski definition) is 3. The lowest BCUT2D eigenvalue weighted by molar-refractivity contribution is 0.166. The summed E-state index contributed by atoms with van der Waals surface area (Å²) in [6.45, 7) is 6.61.